The lowest BCUT2D eigenvalue weighted by Gasteiger charge is -2.19. The zero-order chi connectivity index (χ0) is 11.3. The summed E-state index contributed by atoms with van der Waals surface area (Å²) in [6.07, 6.45) is 0. The Kier molecular flexibility index (Phi) is 4.26. The minimum Gasteiger partial charge on any atom is -0.329 e. The summed E-state index contributed by atoms with van der Waals surface area (Å²) >= 11 is 0. The maximum absolute atomic E-state index is 12.0. The average molecular weight is 228 g/mol. The largest absolute Gasteiger partial charge is 0.329 e. The van der Waals surface area contributed by atoms with Crippen molar-refractivity contribution < 1.29 is 8.42 Å². The summed E-state index contributed by atoms with van der Waals surface area (Å²) in [6.45, 7) is 2.93. The molecular formula is C10H16N2O2S. The molecule has 0 amide bonds. The Morgan fingerprint density at radius 3 is 2.33 bits per heavy atom. The fraction of sp³-hybridized carbons (Fsp3) is 0.400. The Bertz CT molecular complexity index is 389. The first-order chi connectivity index (χ1) is 7.12. The summed E-state index contributed by atoms with van der Waals surface area (Å²) in [5.41, 5.74) is 5.37. The van der Waals surface area contributed by atoms with E-state index in [0.717, 1.165) is 0 Å². The molecule has 1 aromatic rings. The van der Waals surface area contributed by atoms with Gasteiger partial charge >= 0.3 is 0 Å². The van der Waals surface area contributed by atoms with Crippen LogP contribution in [0.5, 0.6) is 0 Å². The highest BCUT2D eigenvalue weighted by molar-refractivity contribution is 7.89. The van der Waals surface area contributed by atoms with Crippen LogP contribution in [0.15, 0.2) is 35.2 Å². The van der Waals surface area contributed by atoms with Gasteiger partial charge in [-0.2, -0.15) is 4.31 Å². The molecule has 0 fully saturated rings. The van der Waals surface area contributed by atoms with Crippen molar-refractivity contribution in [3.8, 4) is 0 Å². The zero-order valence-corrected chi connectivity index (χ0v) is 9.57. The van der Waals surface area contributed by atoms with Gasteiger partial charge in [0.15, 0.2) is 0 Å². The van der Waals surface area contributed by atoms with Crippen molar-refractivity contribution in [1.82, 2.24) is 4.31 Å². The number of nitrogens with two attached hydrogens (primary N) is 1. The lowest BCUT2D eigenvalue weighted by atomic mass is 10.4. The molecule has 0 aliphatic rings. The Balaban J connectivity index is 3.01. The summed E-state index contributed by atoms with van der Waals surface area (Å²) in [5, 5.41) is 0. The van der Waals surface area contributed by atoms with E-state index in [2.05, 4.69) is 0 Å². The molecule has 5 heteroatoms. The lowest BCUT2D eigenvalue weighted by Crippen LogP contribution is -2.35. The highest BCUT2D eigenvalue weighted by atomic mass is 32.2. The predicted molar refractivity (Wildman–Crippen MR) is 59.9 cm³/mol. The van der Waals surface area contributed by atoms with Crippen LogP contribution in [0.1, 0.15) is 6.92 Å². The van der Waals surface area contributed by atoms with Gasteiger partial charge in [0.1, 0.15) is 0 Å². The van der Waals surface area contributed by atoms with Crippen LogP contribution in [0.25, 0.3) is 0 Å². The van der Waals surface area contributed by atoms with Gasteiger partial charge in [0, 0.05) is 19.6 Å². The van der Waals surface area contributed by atoms with Crippen LogP contribution in [-0.2, 0) is 10.0 Å². The van der Waals surface area contributed by atoms with E-state index < -0.39 is 10.0 Å². The van der Waals surface area contributed by atoms with Crippen LogP contribution in [0, 0.1) is 0 Å². The van der Waals surface area contributed by atoms with Crippen molar-refractivity contribution in [3.05, 3.63) is 30.3 Å². The van der Waals surface area contributed by atoms with Crippen LogP contribution in [0.4, 0.5) is 0 Å². The normalized spacial score (nSPS) is 11.9. The lowest BCUT2D eigenvalue weighted by molar-refractivity contribution is 0.435. The number of nitrogens with zero attached hydrogens (tertiary/aromatic N) is 1. The van der Waals surface area contributed by atoms with E-state index in [9.17, 15) is 8.42 Å². The van der Waals surface area contributed by atoms with E-state index in [1.165, 1.54) is 4.31 Å². The van der Waals surface area contributed by atoms with E-state index in [-0.39, 0.29) is 0 Å². The van der Waals surface area contributed by atoms with Gasteiger partial charge < -0.3 is 5.73 Å². The topological polar surface area (TPSA) is 63.4 Å². The Hall–Kier alpha value is -0.910. The highest BCUT2D eigenvalue weighted by Crippen LogP contribution is 2.13. The molecule has 0 bridgehead atoms. The highest BCUT2D eigenvalue weighted by Gasteiger charge is 2.21. The molecule has 0 atom stereocenters. The van der Waals surface area contributed by atoms with Crippen molar-refractivity contribution in [3.63, 3.8) is 0 Å². The molecule has 84 valence electrons. The standard InChI is InChI=1S/C10H16N2O2S/c1-2-12(9-8-11)15(13,14)10-6-4-3-5-7-10/h3-7H,2,8-9,11H2,1H3. The Morgan fingerprint density at radius 1 is 1.27 bits per heavy atom. The first kappa shape index (κ1) is 12.2. The van der Waals surface area contributed by atoms with E-state index in [4.69, 9.17) is 5.73 Å². The van der Waals surface area contributed by atoms with Gasteiger partial charge in [0.05, 0.1) is 4.90 Å². The maximum atomic E-state index is 12.0. The molecule has 0 saturated carbocycles. The van der Waals surface area contributed by atoms with Crippen molar-refractivity contribution in [1.29, 1.82) is 0 Å². The van der Waals surface area contributed by atoms with Crippen LogP contribution in [-0.4, -0.2) is 32.4 Å². The van der Waals surface area contributed by atoms with Gasteiger partial charge in [-0.15, -0.1) is 0 Å². The van der Waals surface area contributed by atoms with E-state index in [1.807, 2.05) is 0 Å². The molecule has 2 N–H and O–H groups in total. The van der Waals surface area contributed by atoms with E-state index >= 15 is 0 Å². The first-order valence-corrected chi connectivity index (χ1v) is 6.32. The van der Waals surface area contributed by atoms with Gasteiger partial charge in [-0.05, 0) is 12.1 Å². The minimum atomic E-state index is -3.36. The monoisotopic (exact) mass is 228 g/mol. The number of sulfonamides is 1. The molecular weight excluding hydrogens is 212 g/mol. The van der Waals surface area contributed by atoms with Crippen LogP contribution in [0.2, 0.25) is 0 Å². The third-order valence-corrected chi connectivity index (χ3v) is 4.10. The molecule has 0 spiro atoms. The van der Waals surface area contributed by atoms with E-state index in [1.54, 1.807) is 37.3 Å². The second kappa shape index (κ2) is 5.25. The quantitative estimate of drug-likeness (QED) is 0.805. The van der Waals surface area contributed by atoms with Crippen LogP contribution >= 0.6 is 0 Å². The predicted octanol–water partition coefficient (Wildman–Crippen LogP) is 0.656. The van der Waals surface area contributed by atoms with Gasteiger partial charge in [0.25, 0.3) is 0 Å². The average Bonchev–Trinajstić information content (AvgIpc) is 2.27. The van der Waals surface area contributed by atoms with Crippen molar-refractivity contribution in [2.75, 3.05) is 19.6 Å². The smallest absolute Gasteiger partial charge is 0.243 e. The number of hydrogen-bond donors (Lipinski definition) is 1. The molecule has 4 nitrogen and oxygen atoms in total. The summed E-state index contributed by atoms with van der Waals surface area (Å²) in [6, 6.07) is 8.40. The molecule has 0 heterocycles. The van der Waals surface area contributed by atoms with E-state index in [0.29, 0.717) is 24.5 Å². The van der Waals surface area contributed by atoms with Gasteiger partial charge in [-0.25, -0.2) is 8.42 Å². The third-order valence-electron chi connectivity index (χ3n) is 2.11. The number of hydrogen-bond acceptors (Lipinski definition) is 3. The molecule has 0 aliphatic carbocycles. The fourth-order valence-electron chi connectivity index (χ4n) is 1.33. The van der Waals surface area contributed by atoms with Gasteiger partial charge in [0.2, 0.25) is 10.0 Å². The van der Waals surface area contributed by atoms with Gasteiger partial charge in [-0.3, -0.25) is 0 Å². The number of likely N-dealkylation sites (N-methyl/N-ethyl adjacent to an activating group) is 1. The molecule has 0 radical (unpaired) electrons. The number of benzene rings is 1. The van der Waals surface area contributed by atoms with Crippen LogP contribution < -0.4 is 5.73 Å². The maximum Gasteiger partial charge on any atom is 0.243 e. The molecule has 0 saturated heterocycles. The summed E-state index contributed by atoms with van der Waals surface area (Å²) in [5.74, 6) is 0. The molecule has 1 aromatic carbocycles. The Morgan fingerprint density at radius 2 is 1.87 bits per heavy atom. The summed E-state index contributed by atoms with van der Waals surface area (Å²) in [4.78, 5) is 0.320. The molecule has 15 heavy (non-hydrogen) atoms. The SMILES string of the molecule is CCN(CCN)S(=O)(=O)c1ccccc1. The molecule has 0 aliphatic heterocycles. The minimum absolute atomic E-state index is 0.320. The van der Waals surface area contributed by atoms with Gasteiger partial charge in [-0.1, -0.05) is 25.1 Å². The zero-order valence-electron chi connectivity index (χ0n) is 8.76. The Labute approximate surface area is 90.8 Å². The summed E-state index contributed by atoms with van der Waals surface area (Å²) in [7, 11) is -3.36. The van der Waals surface area contributed by atoms with Crippen molar-refractivity contribution in [2.45, 2.75) is 11.8 Å². The van der Waals surface area contributed by atoms with Crippen LogP contribution in [0.3, 0.4) is 0 Å². The molecule has 0 unspecified atom stereocenters. The second-order valence-corrected chi connectivity index (χ2v) is 5.04. The van der Waals surface area contributed by atoms with Crippen molar-refractivity contribution >= 4 is 10.0 Å². The second-order valence-electron chi connectivity index (χ2n) is 3.10. The third kappa shape index (κ3) is 2.77. The first-order valence-electron chi connectivity index (χ1n) is 4.88. The molecule has 0 aromatic heterocycles. The number of rotatable bonds is 5. The molecule has 1 rings (SSSR count). The fourth-order valence-corrected chi connectivity index (χ4v) is 2.82. The van der Waals surface area contributed by atoms with Crippen molar-refractivity contribution in [2.24, 2.45) is 5.73 Å². The summed E-state index contributed by atoms with van der Waals surface area (Å²) < 4.78 is 25.4.